The van der Waals surface area contributed by atoms with Crippen LogP contribution in [-0.2, 0) is 21.1 Å². The van der Waals surface area contributed by atoms with Gasteiger partial charge in [0, 0.05) is 6.04 Å². The van der Waals surface area contributed by atoms with Gasteiger partial charge in [-0.2, -0.15) is 0 Å². The topological polar surface area (TPSA) is 63.2 Å². The highest BCUT2D eigenvalue weighted by Gasteiger charge is 2.29. The predicted molar refractivity (Wildman–Crippen MR) is 91.9 cm³/mol. The van der Waals surface area contributed by atoms with E-state index in [1.165, 1.54) is 5.56 Å². The van der Waals surface area contributed by atoms with E-state index < -0.39 is 9.84 Å². The molecular weight excluding hydrogens is 318 g/mol. The van der Waals surface area contributed by atoms with Crippen LogP contribution >= 0.6 is 11.8 Å². The summed E-state index contributed by atoms with van der Waals surface area (Å²) in [6, 6.07) is 10.1. The number of nitrogens with one attached hydrogen (secondary N) is 1. The van der Waals surface area contributed by atoms with Gasteiger partial charge < -0.3 is 5.32 Å². The Hall–Kier alpha value is -1.01. The van der Waals surface area contributed by atoms with E-state index in [1.807, 2.05) is 25.1 Å². The third-order valence-corrected chi connectivity index (χ3v) is 6.77. The van der Waals surface area contributed by atoms with E-state index in [1.54, 1.807) is 11.8 Å². The summed E-state index contributed by atoms with van der Waals surface area (Å²) in [5, 5.41) is 2.71. The van der Waals surface area contributed by atoms with Crippen molar-refractivity contribution >= 4 is 27.5 Å². The number of hydrogen-bond donors (Lipinski definition) is 1. The maximum atomic E-state index is 12.0. The lowest BCUT2D eigenvalue weighted by atomic mass is 10.1. The summed E-state index contributed by atoms with van der Waals surface area (Å²) in [5.74, 6) is 1.15. The maximum absolute atomic E-state index is 12.0. The first kappa shape index (κ1) is 17.3. The van der Waals surface area contributed by atoms with Gasteiger partial charge in [-0.1, -0.05) is 30.3 Å². The highest BCUT2D eigenvalue weighted by molar-refractivity contribution is 8.00. The molecule has 0 spiro atoms. The number of rotatable bonds is 7. The third kappa shape index (κ3) is 5.65. The summed E-state index contributed by atoms with van der Waals surface area (Å²) in [6.45, 7) is 1.88. The quantitative estimate of drug-likeness (QED) is 0.771. The Labute approximate surface area is 137 Å². The second kappa shape index (κ2) is 8.02. The zero-order valence-electron chi connectivity index (χ0n) is 12.8. The molecule has 22 heavy (non-hydrogen) atoms. The number of sulfone groups is 1. The van der Waals surface area contributed by atoms with Crippen molar-refractivity contribution in [1.82, 2.24) is 5.32 Å². The monoisotopic (exact) mass is 341 g/mol. The summed E-state index contributed by atoms with van der Waals surface area (Å²) >= 11 is 1.63. The lowest BCUT2D eigenvalue weighted by molar-refractivity contribution is -0.120. The Kier molecular flexibility index (Phi) is 6.32. The van der Waals surface area contributed by atoms with Crippen molar-refractivity contribution in [2.75, 3.05) is 17.3 Å². The Balaban J connectivity index is 1.64. The van der Waals surface area contributed by atoms with Crippen LogP contribution in [0.3, 0.4) is 0 Å². The fraction of sp³-hybridized carbons (Fsp3) is 0.562. The van der Waals surface area contributed by atoms with Crippen LogP contribution in [0.1, 0.15) is 25.3 Å². The fourth-order valence-corrected chi connectivity index (χ4v) is 5.04. The van der Waals surface area contributed by atoms with E-state index in [-0.39, 0.29) is 28.7 Å². The Morgan fingerprint density at radius 2 is 2.09 bits per heavy atom. The second-order valence-electron chi connectivity index (χ2n) is 5.71. The van der Waals surface area contributed by atoms with E-state index in [2.05, 4.69) is 17.4 Å². The van der Waals surface area contributed by atoms with E-state index in [0.717, 1.165) is 18.6 Å². The second-order valence-corrected chi connectivity index (χ2v) is 9.39. The molecule has 1 heterocycles. The first-order valence-corrected chi connectivity index (χ1v) is 10.5. The van der Waals surface area contributed by atoms with Crippen LogP contribution < -0.4 is 5.32 Å². The van der Waals surface area contributed by atoms with Crippen molar-refractivity contribution in [3.63, 3.8) is 0 Å². The van der Waals surface area contributed by atoms with Gasteiger partial charge in [0.25, 0.3) is 0 Å². The molecule has 0 aliphatic carbocycles. The van der Waals surface area contributed by atoms with Crippen LogP contribution in [0.2, 0.25) is 0 Å². The van der Waals surface area contributed by atoms with Crippen LogP contribution in [-0.4, -0.2) is 42.9 Å². The van der Waals surface area contributed by atoms with Crippen molar-refractivity contribution in [3.8, 4) is 0 Å². The zero-order chi connectivity index (χ0) is 16.0. The van der Waals surface area contributed by atoms with Crippen molar-refractivity contribution < 1.29 is 13.2 Å². The number of hydrogen-bond acceptors (Lipinski definition) is 4. The molecule has 1 saturated heterocycles. The van der Waals surface area contributed by atoms with E-state index in [4.69, 9.17) is 0 Å². The van der Waals surface area contributed by atoms with Crippen LogP contribution in [0.25, 0.3) is 0 Å². The molecule has 1 aliphatic rings. The van der Waals surface area contributed by atoms with Crippen molar-refractivity contribution in [2.24, 2.45) is 0 Å². The first-order valence-electron chi connectivity index (χ1n) is 7.62. The van der Waals surface area contributed by atoms with Gasteiger partial charge in [0.05, 0.1) is 16.8 Å². The molecule has 1 amide bonds. The molecule has 1 aliphatic heterocycles. The molecule has 0 radical (unpaired) electrons. The van der Waals surface area contributed by atoms with E-state index >= 15 is 0 Å². The molecule has 0 unspecified atom stereocenters. The standard InChI is InChI=1S/C16H23NO3S2/c1-13(16(18)17-15-9-11-22(19,20)12-15)21-10-5-8-14-6-3-2-4-7-14/h2-4,6-7,13,15H,5,8-12H2,1H3,(H,17,18)/t13-,15+/m1/s1. The average molecular weight is 341 g/mol. The highest BCUT2D eigenvalue weighted by atomic mass is 32.2. The minimum absolute atomic E-state index is 0.0492. The highest BCUT2D eigenvalue weighted by Crippen LogP contribution is 2.16. The summed E-state index contributed by atoms with van der Waals surface area (Å²) in [5.41, 5.74) is 1.32. The number of benzene rings is 1. The van der Waals surface area contributed by atoms with Crippen molar-refractivity contribution in [2.45, 2.75) is 37.5 Å². The van der Waals surface area contributed by atoms with Gasteiger partial charge in [0.15, 0.2) is 9.84 Å². The smallest absolute Gasteiger partial charge is 0.233 e. The molecule has 1 aromatic rings. The molecule has 0 aromatic heterocycles. The molecule has 0 saturated carbocycles. The van der Waals surface area contributed by atoms with Crippen LogP contribution in [0.4, 0.5) is 0 Å². The Morgan fingerprint density at radius 3 is 2.73 bits per heavy atom. The number of aryl methyl sites for hydroxylation is 1. The van der Waals surface area contributed by atoms with Gasteiger partial charge in [-0.05, 0) is 37.5 Å². The normalized spacial score (nSPS) is 21.4. The summed E-state index contributed by atoms with van der Waals surface area (Å²) in [4.78, 5) is 12.0. The van der Waals surface area contributed by atoms with Crippen molar-refractivity contribution in [1.29, 1.82) is 0 Å². The number of carbonyl (C=O) groups excluding carboxylic acids is 1. The van der Waals surface area contributed by atoms with Crippen LogP contribution in [0, 0.1) is 0 Å². The SMILES string of the molecule is C[C@@H](SCCCc1ccccc1)C(=O)N[C@H]1CCS(=O)(=O)C1. The minimum Gasteiger partial charge on any atom is -0.351 e. The fourth-order valence-electron chi connectivity index (χ4n) is 2.48. The zero-order valence-corrected chi connectivity index (χ0v) is 14.5. The minimum atomic E-state index is -2.94. The Bertz CT molecular complexity index is 587. The van der Waals surface area contributed by atoms with Gasteiger partial charge in [-0.15, -0.1) is 11.8 Å². The molecule has 1 aromatic carbocycles. The van der Waals surface area contributed by atoms with Crippen LogP contribution in [0.15, 0.2) is 30.3 Å². The van der Waals surface area contributed by atoms with Gasteiger partial charge in [0.1, 0.15) is 0 Å². The van der Waals surface area contributed by atoms with Gasteiger partial charge >= 0.3 is 0 Å². The molecule has 2 atom stereocenters. The predicted octanol–water partition coefficient (Wildman–Crippen LogP) is 2.04. The largest absolute Gasteiger partial charge is 0.351 e. The average Bonchev–Trinajstić information content (AvgIpc) is 2.83. The molecule has 1 N–H and O–H groups in total. The summed E-state index contributed by atoms with van der Waals surface area (Å²) in [6.07, 6.45) is 2.59. The van der Waals surface area contributed by atoms with Crippen molar-refractivity contribution in [3.05, 3.63) is 35.9 Å². The lowest BCUT2D eigenvalue weighted by Gasteiger charge is -2.15. The van der Waals surface area contributed by atoms with Gasteiger partial charge in [-0.3, -0.25) is 4.79 Å². The molecule has 4 nitrogen and oxygen atoms in total. The molecule has 1 fully saturated rings. The molecule has 6 heteroatoms. The summed E-state index contributed by atoms with van der Waals surface area (Å²) < 4.78 is 22.8. The van der Waals surface area contributed by atoms with Gasteiger partial charge in [-0.25, -0.2) is 8.42 Å². The number of amides is 1. The number of thioether (sulfide) groups is 1. The van der Waals surface area contributed by atoms with E-state index in [0.29, 0.717) is 6.42 Å². The molecule has 122 valence electrons. The lowest BCUT2D eigenvalue weighted by Crippen LogP contribution is -2.40. The first-order chi connectivity index (χ1) is 10.5. The molecule has 0 bridgehead atoms. The van der Waals surface area contributed by atoms with E-state index in [9.17, 15) is 13.2 Å². The number of carbonyl (C=O) groups is 1. The molecule has 2 rings (SSSR count). The Morgan fingerprint density at radius 1 is 1.36 bits per heavy atom. The maximum Gasteiger partial charge on any atom is 0.233 e. The molecular formula is C16H23NO3S2. The summed E-state index contributed by atoms with van der Waals surface area (Å²) in [7, 11) is -2.94. The van der Waals surface area contributed by atoms with Gasteiger partial charge in [0.2, 0.25) is 5.91 Å². The van der Waals surface area contributed by atoms with Crippen LogP contribution in [0.5, 0.6) is 0 Å². The third-order valence-electron chi connectivity index (χ3n) is 3.77.